The average Bonchev–Trinajstić information content (AvgIpc) is 2.49. The first-order valence-electron chi connectivity index (χ1n) is 6.23. The predicted molar refractivity (Wildman–Crippen MR) is 74.8 cm³/mol. The van der Waals surface area contributed by atoms with Crippen molar-refractivity contribution >= 4 is 5.69 Å². The van der Waals surface area contributed by atoms with Crippen LogP contribution < -0.4 is 5.32 Å². The first-order valence-corrected chi connectivity index (χ1v) is 6.23. The van der Waals surface area contributed by atoms with E-state index in [1.807, 2.05) is 6.07 Å². The second kappa shape index (κ2) is 6.59. The highest BCUT2D eigenvalue weighted by Gasteiger charge is 2.12. The van der Waals surface area contributed by atoms with E-state index in [9.17, 15) is 14.5 Å². The maximum Gasteiger partial charge on any atom is 0.273 e. The highest BCUT2D eigenvalue weighted by molar-refractivity contribution is 5.39. The molecule has 0 heterocycles. The van der Waals surface area contributed by atoms with E-state index in [1.165, 1.54) is 24.3 Å². The Hall–Kier alpha value is -2.78. The van der Waals surface area contributed by atoms with Crippen LogP contribution in [0.15, 0.2) is 42.5 Å². The van der Waals surface area contributed by atoms with Crippen LogP contribution >= 0.6 is 0 Å². The number of rotatable bonds is 5. The number of hydrogen-bond acceptors (Lipinski definition) is 4. The summed E-state index contributed by atoms with van der Waals surface area (Å²) in [6.45, 7) is 0.431. The first-order chi connectivity index (χ1) is 10.1. The molecule has 2 aromatic rings. The van der Waals surface area contributed by atoms with Gasteiger partial charge in [0.2, 0.25) is 0 Å². The predicted octanol–water partition coefficient (Wildman–Crippen LogP) is 2.90. The quantitative estimate of drug-likeness (QED) is 0.676. The molecule has 0 bridgehead atoms. The molecule has 0 saturated heterocycles. The molecule has 0 aliphatic carbocycles. The summed E-state index contributed by atoms with van der Waals surface area (Å²) < 4.78 is 13.6. The molecule has 2 aromatic carbocycles. The summed E-state index contributed by atoms with van der Waals surface area (Å²) in [5.74, 6) is -0.413. The van der Waals surface area contributed by atoms with Crippen LogP contribution in [0, 0.1) is 27.3 Å². The van der Waals surface area contributed by atoms with Gasteiger partial charge in [0.15, 0.2) is 0 Å². The first kappa shape index (κ1) is 14.6. The molecular weight excluding hydrogens is 273 g/mol. The monoisotopic (exact) mass is 285 g/mol. The number of benzene rings is 2. The lowest BCUT2D eigenvalue weighted by Gasteiger charge is -2.07. The average molecular weight is 285 g/mol. The van der Waals surface area contributed by atoms with Crippen molar-refractivity contribution < 1.29 is 9.31 Å². The maximum absolute atomic E-state index is 13.6. The van der Waals surface area contributed by atoms with E-state index >= 15 is 0 Å². The Morgan fingerprint density at radius 1 is 1.19 bits per heavy atom. The number of para-hydroxylation sites is 1. The Morgan fingerprint density at radius 3 is 2.62 bits per heavy atom. The van der Waals surface area contributed by atoms with Crippen LogP contribution in [0.2, 0.25) is 0 Å². The number of nitriles is 1. The van der Waals surface area contributed by atoms with Crippen molar-refractivity contribution in [2.24, 2.45) is 0 Å². The lowest BCUT2D eigenvalue weighted by Crippen LogP contribution is -2.15. The number of halogens is 1. The molecule has 0 radical (unpaired) electrons. The largest absolute Gasteiger partial charge is 0.308 e. The molecule has 0 amide bonds. The van der Waals surface area contributed by atoms with Crippen molar-refractivity contribution in [3.8, 4) is 6.07 Å². The molecule has 21 heavy (non-hydrogen) atoms. The van der Waals surface area contributed by atoms with Gasteiger partial charge in [-0.15, -0.1) is 0 Å². The van der Waals surface area contributed by atoms with Crippen LogP contribution in [-0.2, 0) is 13.1 Å². The van der Waals surface area contributed by atoms with Crippen molar-refractivity contribution in [2.45, 2.75) is 13.1 Å². The molecule has 106 valence electrons. The van der Waals surface area contributed by atoms with Gasteiger partial charge < -0.3 is 5.32 Å². The van der Waals surface area contributed by atoms with Gasteiger partial charge in [-0.25, -0.2) is 4.39 Å². The van der Waals surface area contributed by atoms with Crippen LogP contribution in [0.5, 0.6) is 0 Å². The molecule has 1 N–H and O–H groups in total. The molecule has 0 aromatic heterocycles. The fourth-order valence-corrected chi connectivity index (χ4v) is 1.95. The Labute approximate surface area is 120 Å². The highest BCUT2D eigenvalue weighted by atomic mass is 19.1. The van der Waals surface area contributed by atoms with E-state index in [-0.39, 0.29) is 18.8 Å². The number of hydrogen-bond donors (Lipinski definition) is 1. The number of nitro benzene ring substituents is 1. The van der Waals surface area contributed by atoms with Gasteiger partial charge >= 0.3 is 0 Å². The van der Waals surface area contributed by atoms with Crippen LogP contribution in [0.1, 0.15) is 16.7 Å². The zero-order valence-corrected chi connectivity index (χ0v) is 11.0. The number of nitro groups is 1. The smallest absolute Gasteiger partial charge is 0.273 e. The van der Waals surface area contributed by atoms with E-state index in [0.717, 1.165) is 0 Å². The number of nitrogens with zero attached hydrogens (tertiary/aromatic N) is 2. The molecule has 0 unspecified atom stereocenters. The van der Waals surface area contributed by atoms with Gasteiger partial charge in [0.05, 0.1) is 16.6 Å². The SMILES string of the molecule is N#Cc1ccc(F)c(CNCc2ccccc2[N+](=O)[O-])c1. The maximum atomic E-state index is 13.6. The zero-order valence-electron chi connectivity index (χ0n) is 11.0. The topological polar surface area (TPSA) is 79.0 Å². The van der Waals surface area contributed by atoms with Gasteiger partial charge in [-0.2, -0.15) is 5.26 Å². The van der Waals surface area contributed by atoms with Crippen LogP contribution in [0.4, 0.5) is 10.1 Å². The molecule has 5 nitrogen and oxygen atoms in total. The summed E-state index contributed by atoms with van der Waals surface area (Å²) in [6.07, 6.45) is 0. The highest BCUT2D eigenvalue weighted by Crippen LogP contribution is 2.17. The summed E-state index contributed by atoms with van der Waals surface area (Å²) in [6, 6.07) is 12.4. The van der Waals surface area contributed by atoms with Gasteiger partial charge in [0.25, 0.3) is 5.69 Å². The summed E-state index contributed by atoms with van der Waals surface area (Å²) in [7, 11) is 0. The number of nitrogens with one attached hydrogen (secondary N) is 1. The molecule has 0 atom stereocenters. The Kier molecular flexibility index (Phi) is 4.59. The van der Waals surface area contributed by atoms with Crippen LogP contribution in [0.3, 0.4) is 0 Å². The summed E-state index contributed by atoms with van der Waals surface area (Å²) >= 11 is 0. The van der Waals surface area contributed by atoms with Gasteiger partial charge in [-0.05, 0) is 18.2 Å². The molecule has 0 spiro atoms. The van der Waals surface area contributed by atoms with Crippen molar-refractivity contribution in [1.82, 2.24) is 5.32 Å². The lowest BCUT2D eigenvalue weighted by molar-refractivity contribution is -0.385. The zero-order chi connectivity index (χ0) is 15.2. The normalized spacial score (nSPS) is 10.1. The van der Waals surface area contributed by atoms with E-state index in [2.05, 4.69) is 5.32 Å². The second-order valence-corrected chi connectivity index (χ2v) is 4.41. The fraction of sp³-hybridized carbons (Fsp3) is 0.133. The fourth-order valence-electron chi connectivity index (χ4n) is 1.95. The van der Waals surface area contributed by atoms with E-state index in [0.29, 0.717) is 16.7 Å². The van der Waals surface area contributed by atoms with E-state index in [1.54, 1.807) is 18.2 Å². The van der Waals surface area contributed by atoms with Crippen molar-refractivity contribution in [1.29, 1.82) is 5.26 Å². The van der Waals surface area contributed by atoms with Crippen LogP contribution in [-0.4, -0.2) is 4.92 Å². The molecule has 0 fully saturated rings. The van der Waals surface area contributed by atoms with Gasteiger partial charge in [0, 0.05) is 30.3 Å². The van der Waals surface area contributed by atoms with Gasteiger partial charge in [-0.1, -0.05) is 18.2 Å². The molecular formula is C15H12FN3O2. The minimum absolute atomic E-state index is 0.0243. The van der Waals surface area contributed by atoms with E-state index in [4.69, 9.17) is 5.26 Å². The molecule has 0 aliphatic rings. The summed E-state index contributed by atoms with van der Waals surface area (Å²) in [4.78, 5) is 10.4. The summed E-state index contributed by atoms with van der Waals surface area (Å²) in [5, 5.41) is 22.6. The third kappa shape index (κ3) is 3.61. The third-order valence-electron chi connectivity index (χ3n) is 2.99. The third-order valence-corrected chi connectivity index (χ3v) is 2.99. The van der Waals surface area contributed by atoms with Gasteiger partial charge in [-0.3, -0.25) is 10.1 Å². The van der Waals surface area contributed by atoms with Crippen molar-refractivity contribution in [3.05, 3.63) is 75.1 Å². The van der Waals surface area contributed by atoms with Crippen molar-refractivity contribution in [3.63, 3.8) is 0 Å². The van der Waals surface area contributed by atoms with E-state index < -0.39 is 10.7 Å². The molecule has 0 aliphatic heterocycles. The second-order valence-electron chi connectivity index (χ2n) is 4.41. The summed E-state index contributed by atoms with van der Waals surface area (Å²) in [5.41, 5.74) is 1.28. The van der Waals surface area contributed by atoms with Crippen molar-refractivity contribution in [2.75, 3.05) is 0 Å². The Morgan fingerprint density at radius 2 is 1.90 bits per heavy atom. The molecule has 2 rings (SSSR count). The minimum atomic E-state index is -0.450. The Balaban J connectivity index is 2.06. The standard InChI is InChI=1S/C15H12FN3O2/c16-14-6-5-11(8-17)7-13(14)10-18-9-12-3-1-2-4-15(12)19(20)21/h1-7,18H,9-10H2. The minimum Gasteiger partial charge on any atom is -0.308 e. The van der Waals surface area contributed by atoms with Gasteiger partial charge in [0.1, 0.15) is 5.82 Å². The van der Waals surface area contributed by atoms with Crippen LogP contribution in [0.25, 0.3) is 0 Å². The molecule has 0 saturated carbocycles. The Bertz CT molecular complexity index is 710. The molecule has 6 heteroatoms. The lowest BCUT2D eigenvalue weighted by atomic mass is 10.1.